The number of ether oxygens (including phenoxy) is 2. The van der Waals surface area contributed by atoms with Crippen molar-refractivity contribution in [1.29, 1.82) is 0 Å². The number of benzene rings is 1. The lowest BCUT2D eigenvalue weighted by molar-refractivity contribution is -0.133. The standard InChI is InChI=1S/C17H17NO3/c1-4-13(17(19)20-3)14-9-5-6-10-15(14)21-16-11-7-8-12(2)18-16/h4-11H,1-3H3. The molecule has 1 aromatic heterocycles. The Kier molecular flexibility index (Phi) is 4.72. The average molecular weight is 283 g/mol. The molecule has 108 valence electrons. The number of rotatable bonds is 4. The van der Waals surface area contributed by atoms with Crippen LogP contribution >= 0.6 is 0 Å². The van der Waals surface area contributed by atoms with Gasteiger partial charge in [-0.3, -0.25) is 0 Å². The number of aryl methyl sites for hydroxylation is 1. The maximum Gasteiger partial charge on any atom is 0.338 e. The van der Waals surface area contributed by atoms with Crippen LogP contribution in [0.4, 0.5) is 0 Å². The van der Waals surface area contributed by atoms with Crippen molar-refractivity contribution in [1.82, 2.24) is 4.98 Å². The molecule has 4 heteroatoms. The fourth-order valence-electron chi connectivity index (χ4n) is 1.96. The monoisotopic (exact) mass is 283 g/mol. The molecular weight excluding hydrogens is 266 g/mol. The molecule has 0 saturated heterocycles. The minimum Gasteiger partial charge on any atom is -0.465 e. The van der Waals surface area contributed by atoms with Crippen molar-refractivity contribution in [2.24, 2.45) is 0 Å². The minimum atomic E-state index is -0.397. The van der Waals surface area contributed by atoms with E-state index in [1.54, 1.807) is 25.1 Å². The summed E-state index contributed by atoms with van der Waals surface area (Å²) in [6.07, 6.45) is 1.71. The number of allylic oxidation sites excluding steroid dienone is 1. The van der Waals surface area contributed by atoms with Crippen LogP contribution in [0.15, 0.2) is 48.5 Å². The third-order valence-corrected chi connectivity index (χ3v) is 2.95. The number of pyridine rings is 1. The van der Waals surface area contributed by atoms with Gasteiger partial charge in [0.25, 0.3) is 0 Å². The first-order valence-corrected chi connectivity index (χ1v) is 6.61. The Labute approximate surface area is 124 Å². The maximum absolute atomic E-state index is 11.8. The van der Waals surface area contributed by atoms with Crippen molar-refractivity contribution in [2.45, 2.75) is 13.8 Å². The Morgan fingerprint density at radius 3 is 2.57 bits per heavy atom. The van der Waals surface area contributed by atoms with Gasteiger partial charge < -0.3 is 9.47 Å². The van der Waals surface area contributed by atoms with Gasteiger partial charge in [-0.25, -0.2) is 9.78 Å². The number of nitrogens with zero attached hydrogens (tertiary/aromatic N) is 1. The zero-order valence-electron chi connectivity index (χ0n) is 12.3. The van der Waals surface area contributed by atoms with Gasteiger partial charge in [0.1, 0.15) is 5.75 Å². The topological polar surface area (TPSA) is 48.4 Å². The van der Waals surface area contributed by atoms with Gasteiger partial charge in [0.2, 0.25) is 5.88 Å². The summed E-state index contributed by atoms with van der Waals surface area (Å²) < 4.78 is 10.6. The molecule has 0 fully saturated rings. The minimum absolute atomic E-state index is 0.397. The quantitative estimate of drug-likeness (QED) is 0.633. The number of esters is 1. The zero-order valence-corrected chi connectivity index (χ0v) is 12.3. The van der Waals surface area contributed by atoms with Crippen LogP contribution in [-0.2, 0) is 9.53 Å². The van der Waals surface area contributed by atoms with Crippen molar-refractivity contribution in [3.05, 3.63) is 59.8 Å². The molecule has 0 N–H and O–H groups in total. The summed E-state index contributed by atoms with van der Waals surface area (Å²) in [6, 6.07) is 12.8. The van der Waals surface area contributed by atoms with Crippen molar-refractivity contribution in [3.63, 3.8) is 0 Å². The van der Waals surface area contributed by atoms with Crippen LogP contribution in [0.1, 0.15) is 18.2 Å². The Morgan fingerprint density at radius 2 is 1.90 bits per heavy atom. The number of aromatic nitrogens is 1. The van der Waals surface area contributed by atoms with Crippen molar-refractivity contribution >= 4 is 11.5 Å². The molecule has 4 nitrogen and oxygen atoms in total. The van der Waals surface area contributed by atoms with Crippen LogP contribution in [-0.4, -0.2) is 18.1 Å². The summed E-state index contributed by atoms with van der Waals surface area (Å²) in [6.45, 7) is 3.68. The van der Waals surface area contributed by atoms with Crippen LogP contribution in [0.2, 0.25) is 0 Å². The van der Waals surface area contributed by atoms with E-state index in [-0.39, 0.29) is 0 Å². The molecule has 0 aliphatic carbocycles. The molecule has 0 bridgehead atoms. The molecular formula is C17H17NO3. The number of hydrogen-bond donors (Lipinski definition) is 0. The summed E-state index contributed by atoms with van der Waals surface area (Å²) >= 11 is 0. The first kappa shape index (κ1) is 14.8. The Balaban J connectivity index is 2.39. The molecule has 0 aliphatic rings. The smallest absolute Gasteiger partial charge is 0.338 e. The largest absolute Gasteiger partial charge is 0.465 e. The van der Waals surface area contributed by atoms with E-state index < -0.39 is 5.97 Å². The Morgan fingerprint density at radius 1 is 1.14 bits per heavy atom. The second-order valence-corrected chi connectivity index (χ2v) is 4.41. The molecule has 0 spiro atoms. The molecule has 0 radical (unpaired) electrons. The van der Waals surface area contributed by atoms with Crippen molar-refractivity contribution in [2.75, 3.05) is 7.11 Å². The molecule has 2 rings (SSSR count). The van der Waals surface area contributed by atoms with Gasteiger partial charge in [0, 0.05) is 17.3 Å². The van der Waals surface area contributed by atoms with Gasteiger partial charge in [0.05, 0.1) is 12.7 Å². The van der Waals surface area contributed by atoms with E-state index in [4.69, 9.17) is 9.47 Å². The number of hydrogen-bond acceptors (Lipinski definition) is 4. The van der Waals surface area contributed by atoms with Gasteiger partial charge in [-0.15, -0.1) is 0 Å². The van der Waals surface area contributed by atoms with Gasteiger partial charge in [-0.05, 0) is 26.0 Å². The number of carbonyl (C=O) groups excluding carboxylic acids is 1. The molecule has 0 atom stereocenters. The van der Waals surface area contributed by atoms with Crippen LogP contribution in [0.5, 0.6) is 11.6 Å². The highest BCUT2D eigenvalue weighted by atomic mass is 16.5. The molecule has 2 aromatic rings. The Bertz CT molecular complexity index is 677. The highest BCUT2D eigenvalue weighted by Crippen LogP contribution is 2.30. The molecule has 0 unspecified atom stereocenters. The van der Waals surface area contributed by atoms with Crippen molar-refractivity contribution in [3.8, 4) is 11.6 Å². The fraction of sp³-hybridized carbons (Fsp3) is 0.176. The average Bonchev–Trinajstić information content (AvgIpc) is 2.49. The van der Waals surface area contributed by atoms with Gasteiger partial charge >= 0.3 is 5.97 Å². The van der Waals surface area contributed by atoms with E-state index in [1.165, 1.54) is 7.11 Å². The number of para-hydroxylation sites is 1. The van der Waals surface area contributed by atoms with E-state index in [0.717, 1.165) is 5.69 Å². The second kappa shape index (κ2) is 6.70. The SMILES string of the molecule is CC=C(C(=O)OC)c1ccccc1Oc1cccc(C)n1. The van der Waals surface area contributed by atoms with E-state index in [1.807, 2.05) is 37.3 Å². The lowest BCUT2D eigenvalue weighted by Crippen LogP contribution is -2.05. The second-order valence-electron chi connectivity index (χ2n) is 4.41. The molecule has 0 aliphatic heterocycles. The summed E-state index contributed by atoms with van der Waals surface area (Å²) in [5.41, 5.74) is 2.00. The van der Waals surface area contributed by atoms with Crippen LogP contribution in [0, 0.1) is 6.92 Å². The first-order chi connectivity index (χ1) is 10.2. The van der Waals surface area contributed by atoms with Gasteiger partial charge in [-0.1, -0.05) is 30.3 Å². The summed E-state index contributed by atoms with van der Waals surface area (Å²) in [5.74, 6) is 0.655. The molecule has 0 saturated carbocycles. The summed E-state index contributed by atoms with van der Waals surface area (Å²) in [4.78, 5) is 16.1. The highest BCUT2D eigenvalue weighted by molar-refractivity contribution is 6.17. The first-order valence-electron chi connectivity index (χ1n) is 6.61. The lowest BCUT2D eigenvalue weighted by atomic mass is 10.0. The third kappa shape index (κ3) is 3.48. The molecule has 1 aromatic carbocycles. The number of carbonyl (C=O) groups is 1. The lowest BCUT2D eigenvalue weighted by Gasteiger charge is -2.12. The summed E-state index contributed by atoms with van der Waals surface area (Å²) in [5, 5.41) is 0. The predicted octanol–water partition coefficient (Wildman–Crippen LogP) is 3.76. The van der Waals surface area contributed by atoms with Crippen LogP contribution in [0.25, 0.3) is 5.57 Å². The van der Waals surface area contributed by atoms with Gasteiger partial charge in [-0.2, -0.15) is 0 Å². The van der Waals surface area contributed by atoms with E-state index >= 15 is 0 Å². The van der Waals surface area contributed by atoms with E-state index in [9.17, 15) is 4.79 Å². The molecule has 1 heterocycles. The molecule has 21 heavy (non-hydrogen) atoms. The highest BCUT2D eigenvalue weighted by Gasteiger charge is 2.16. The fourth-order valence-corrected chi connectivity index (χ4v) is 1.96. The predicted molar refractivity (Wildman–Crippen MR) is 81.2 cm³/mol. The normalized spacial score (nSPS) is 11.1. The number of methoxy groups -OCH3 is 1. The van der Waals surface area contributed by atoms with Gasteiger partial charge in [0.15, 0.2) is 0 Å². The van der Waals surface area contributed by atoms with Crippen molar-refractivity contribution < 1.29 is 14.3 Å². The summed E-state index contributed by atoms with van der Waals surface area (Å²) in [7, 11) is 1.36. The van der Waals surface area contributed by atoms with E-state index in [0.29, 0.717) is 22.8 Å². The third-order valence-electron chi connectivity index (χ3n) is 2.95. The van der Waals surface area contributed by atoms with Crippen LogP contribution in [0.3, 0.4) is 0 Å². The maximum atomic E-state index is 11.8. The zero-order chi connectivity index (χ0) is 15.2. The van der Waals surface area contributed by atoms with Crippen LogP contribution < -0.4 is 4.74 Å². The van der Waals surface area contributed by atoms with E-state index in [2.05, 4.69) is 4.98 Å². The Hall–Kier alpha value is -2.62. The molecule has 0 amide bonds.